The molecular weight excluding hydrogens is 476 g/mol. The van der Waals surface area contributed by atoms with Crippen molar-refractivity contribution in [2.45, 2.75) is 13.0 Å². The highest BCUT2D eigenvalue weighted by atomic mass is 79.9. The molecule has 0 bridgehead atoms. The van der Waals surface area contributed by atoms with E-state index in [0.29, 0.717) is 29.0 Å². The number of carbonyl (C=O) groups is 2. The third-order valence-electron chi connectivity index (χ3n) is 4.30. The van der Waals surface area contributed by atoms with Gasteiger partial charge in [-0.25, -0.2) is 10.2 Å². The van der Waals surface area contributed by atoms with Crippen LogP contribution in [-0.2, 0) is 4.79 Å². The summed E-state index contributed by atoms with van der Waals surface area (Å²) in [5.74, 6) is -0.544. The fraction of sp³-hybridized carbons (Fsp3) is 0.125. The maximum Gasteiger partial charge on any atom is 0.343 e. The number of aliphatic hydroxyl groups excluding tert-OH is 1. The van der Waals surface area contributed by atoms with E-state index < -0.39 is 18.0 Å². The van der Waals surface area contributed by atoms with Gasteiger partial charge in [-0.05, 0) is 60.5 Å². The van der Waals surface area contributed by atoms with E-state index in [4.69, 9.17) is 9.47 Å². The smallest absolute Gasteiger partial charge is 0.343 e. The number of halogens is 1. The Balaban J connectivity index is 1.67. The molecule has 0 heterocycles. The Bertz CT molecular complexity index is 1100. The van der Waals surface area contributed by atoms with E-state index in [1.54, 1.807) is 72.8 Å². The Kier molecular flexibility index (Phi) is 8.13. The summed E-state index contributed by atoms with van der Waals surface area (Å²) < 4.78 is 11.9. The van der Waals surface area contributed by atoms with Crippen LogP contribution in [0.1, 0.15) is 34.5 Å². The third kappa shape index (κ3) is 6.26. The largest absolute Gasteiger partial charge is 0.490 e. The summed E-state index contributed by atoms with van der Waals surface area (Å²) in [6.07, 6.45) is 0.0751. The molecule has 1 unspecified atom stereocenters. The van der Waals surface area contributed by atoms with E-state index in [2.05, 4.69) is 26.5 Å². The molecule has 7 nitrogen and oxygen atoms in total. The Morgan fingerprint density at radius 2 is 1.78 bits per heavy atom. The summed E-state index contributed by atoms with van der Waals surface area (Å²) in [4.78, 5) is 24.5. The number of ether oxygens (including phenoxy) is 2. The van der Waals surface area contributed by atoms with Crippen LogP contribution in [0.25, 0.3) is 0 Å². The minimum absolute atomic E-state index is 0.264. The molecule has 0 spiro atoms. The van der Waals surface area contributed by atoms with Gasteiger partial charge in [0, 0.05) is 4.47 Å². The van der Waals surface area contributed by atoms with E-state index in [1.165, 1.54) is 6.21 Å². The number of aliphatic hydroxyl groups is 1. The lowest BCUT2D eigenvalue weighted by Gasteiger charge is -2.11. The molecule has 32 heavy (non-hydrogen) atoms. The first-order valence-corrected chi connectivity index (χ1v) is 10.6. The van der Waals surface area contributed by atoms with Crippen molar-refractivity contribution in [2.24, 2.45) is 5.10 Å². The van der Waals surface area contributed by atoms with Gasteiger partial charge in [-0.3, -0.25) is 4.79 Å². The van der Waals surface area contributed by atoms with Gasteiger partial charge in [-0.15, -0.1) is 0 Å². The number of nitrogens with one attached hydrogen (secondary N) is 1. The summed E-state index contributed by atoms with van der Waals surface area (Å²) in [7, 11) is 0. The lowest BCUT2D eigenvalue weighted by Crippen LogP contribution is -2.25. The van der Waals surface area contributed by atoms with Crippen LogP contribution in [0.5, 0.6) is 11.5 Å². The number of hydrogen-bond acceptors (Lipinski definition) is 6. The number of benzene rings is 3. The Morgan fingerprint density at radius 3 is 2.47 bits per heavy atom. The van der Waals surface area contributed by atoms with Gasteiger partial charge in [0.15, 0.2) is 17.6 Å². The van der Waals surface area contributed by atoms with Gasteiger partial charge in [0.1, 0.15) is 0 Å². The van der Waals surface area contributed by atoms with Gasteiger partial charge in [-0.1, -0.05) is 46.3 Å². The topological polar surface area (TPSA) is 97.2 Å². The first-order chi connectivity index (χ1) is 15.5. The van der Waals surface area contributed by atoms with Crippen LogP contribution in [0.2, 0.25) is 0 Å². The summed E-state index contributed by atoms with van der Waals surface area (Å²) in [5.41, 5.74) is 3.78. The van der Waals surface area contributed by atoms with E-state index in [1.807, 2.05) is 6.92 Å². The standard InChI is InChI=1S/C24H21BrN2O5/c1-2-31-21-14-16(15-26-27-23(29)22(28)17-6-4-3-5-7-17)8-13-20(21)32-24(30)18-9-11-19(25)12-10-18/h3-15,22,28H,2H2,1H3,(H,27,29). The molecule has 0 aliphatic carbocycles. The van der Waals surface area contributed by atoms with Gasteiger partial charge < -0.3 is 14.6 Å². The second-order valence-corrected chi connectivity index (χ2v) is 7.50. The molecule has 0 radical (unpaired) electrons. The summed E-state index contributed by atoms with van der Waals surface area (Å²) in [6.45, 7) is 2.18. The van der Waals surface area contributed by atoms with Crippen LogP contribution in [0.3, 0.4) is 0 Å². The lowest BCUT2D eigenvalue weighted by atomic mass is 10.1. The molecule has 0 saturated carbocycles. The van der Waals surface area contributed by atoms with Crippen molar-refractivity contribution in [3.63, 3.8) is 0 Å². The van der Waals surface area contributed by atoms with Crippen molar-refractivity contribution in [2.75, 3.05) is 6.61 Å². The van der Waals surface area contributed by atoms with Crippen molar-refractivity contribution in [3.8, 4) is 11.5 Å². The molecule has 2 N–H and O–H groups in total. The first-order valence-electron chi connectivity index (χ1n) is 9.78. The maximum atomic E-state index is 12.4. The van der Waals surface area contributed by atoms with Crippen molar-refractivity contribution in [1.29, 1.82) is 0 Å². The van der Waals surface area contributed by atoms with E-state index in [0.717, 1.165) is 4.47 Å². The molecule has 0 saturated heterocycles. The maximum absolute atomic E-state index is 12.4. The van der Waals surface area contributed by atoms with Crippen molar-refractivity contribution >= 4 is 34.0 Å². The van der Waals surface area contributed by atoms with Gasteiger partial charge in [0.25, 0.3) is 5.91 Å². The Hall–Kier alpha value is -3.49. The number of rotatable bonds is 8. The zero-order valence-corrected chi connectivity index (χ0v) is 18.8. The molecule has 3 aromatic rings. The van der Waals surface area contributed by atoms with E-state index >= 15 is 0 Å². The predicted octanol–water partition coefficient (Wildman–Crippen LogP) is 4.25. The minimum atomic E-state index is -1.33. The number of amides is 1. The number of hydrogen-bond donors (Lipinski definition) is 2. The molecular formula is C24H21BrN2O5. The molecule has 0 fully saturated rings. The first kappa shape index (κ1) is 23.2. The van der Waals surface area contributed by atoms with Gasteiger partial charge in [-0.2, -0.15) is 5.10 Å². The number of carbonyl (C=O) groups excluding carboxylic acids is 2. The molecule has 1 amide bonds. The molecule has 3 aromatic carbocycles. The second-order valence-electron chi connectivity index (χ2n) is 6.58. The van der Waals surface area contributed by atoms with E-state index in [-0.39, 0.29) is 5.75 Å². The van der Waals surface area contributed by atoms with Crippen LogP contribution in [0.4, 0.5) is 0 Å². The molecule has 3 rings (SSSR count). The highest BCUT2D eigenvalue weighted by Crippen LogP contribution is 2.29. The lowest BCUT2D eigenvalue weighted by molar-refractivity contribution is -0.129. The Morgan fingerprint density at radius 1 is 1.06 bits per heavy atom. The average Bonchev–Trinajstić information content (AvgIpc) is 2.81. The number of hydrazone groups is 1. The van der Waals surface area contributed by atoms with Gasteiger partial charge in [0.05, 0.1) is 18.4 Å². The predicted molar refractivity (Wildman–Crippen MR) is 124 cm³/mol. The fourth-order valence-electron chi connectivity index (χ4n) is 2.72. The summed E-state index contributed by atoms with van der Waals surface area (Å²) >= 11 is 3.33. The molecule has 8 heteroatoms. The zero-order valence-electron chi connectivity index (χ0n) is 17.2. The van der Waals surface area contributed by atoms with E-state index in [9.17, 15) is 14.7 Å². The highest BCUT2D eigenvalue weighted by Gasteiger charge is 2.16. The number of nitrogens with zero attached hydrogens (tertiary/aromatic N) is 1. The second kappa shape index (κ2) is 11.2. The fourth-order valence-corrected chi connectivity index (χ4v) is 2.98. The normalized spacial score (nSPS) is 11.7. The highest BCUT2D eigenvalue weighted by molar-refractivity contribution is 9.10. The molecule has 0 aliphatic heterocycles. The third-order valence-corrected chi connectivity index (χ3v) is 4.83. The molecule has 0 aromatic heterocycles. The average molecular weight is 497 g/mol. The van der Waals surface area contributed by atoms with Crippen LogP contribution < -0.4 is 14.9 Å². The summed E-state index contributed by atoms with van der Waals surface area (Å²) in [6, 6.07) is 20.3. The SMILES string of the molecule is CCOc1cc(C=NNC(=O)C(O)c2ccccc2)ccc1OC(=O)c1ccc(Br)cc1. The quantitative estimate of drug-likeness (QED) is 0.210. The summed E-state index contributed by atoms with van der Waals surface area (Å²) in [5, 5.41) is 14.0. The monoisotopic (exact) mass is 496 g/mol. The zero-order chi connectivity index (χ0) is 22.9. The van der Waals surface area contributed by atoms with Crippen molar-refractivity contribution in [1.82, 2.24) is 5.43 Å². The van der Waals surface area contributed by atoms with Gasteiger partial charge >= 0.3 is 5.97 Å². The molecule has 0 aliphatic rings. The minimum Gasteiger partial charge on any atom is -0.490 e. The Labute approximate surface area is 193 Å². The van der Waals surface area contributed by atoms with Crippen LogP contribution in [-0.4, -0.2) is 29.8 Å². The number of esters is 1. The van der Waals surface area contributed by atoms with Crippen LogP contribution >= 0.6 is 15.9 Å². The van der Waals surface area contributed by atoms with Crippen molar-refractivity contribution < 1.29 is 24.2 Å². The molecule has 1 atom stereocenters. The van der Waals surface area contributed by atoms with Crippen LogP contribution in [0.15, 0.2) is 82.4 Å². The van der Waals surface area contributed by atoms with Gasteiger partial charge in [0.2, 0.25) is 0 Å². The van der Waals surface area contributed by atoms with Crippen LogP contribution in [0, 0.1) is 0 Å². The van der Waals surface area contributed by atoms with Crippen molar-refractivity contribution in [3.05, 3.63) is 94.0 Å². The molecule has 164 valence electrons.